The number of nitrogens with one attached hydrogen (secondary N) is 1. The Morgan fingerprint density at radius 3 is 2.32 bits per heavy atom. The molecule has 1 rings (SSSR count). The van der Waals surface area contributed by atoms with Crippen molar-refractivity contribution in [2.45, 2.75) is 18.2 Å². The van der Waals surface area contributed by atoms with Crippen LogP contribution in [0.25, 0.3) is 0 Å². The van der Waals surface area contributed by atoms with Gasteiger partial charge in [-0.15, -0.1) is 0 Å². The Morgan fingerprint density at radius 1 is 1.37 bits per heavy atom. The number of carboxylic acids is 1. The molecule has 0 spiro atoms. The zero-order valence-electron chi connectivity index (χ0n) is 10.1. The number of aliphatic carboxylic acids is 1. The van der Waals surface area contributed by atoms with Crippen molar-refractivity contribution < 1.29 is 18.3 Å². The van der Waals surface area contributed by atoms with Gasteiger partial charge in [0.15, 0.2) is 0 Å². The summed E-state index contributed by atoms with van der Waals surface area (Å²) in [6.07, 6.45) is 0.314. The summed E-state index contributed by atoms with van der Waals surface area (Å²) in [6.45, 7) is 1.45. The van der Waals surface area contributed by atoms with Gasteiger partial charge in [-0.1, -0.05) is 36.2 Å². The van der Waals surface area contributed by atoms with Crippen LogP contribution < -0.4 is 4.72 Å². The Kier molecular flexibility index (Phi) is 5.61. The second-order valence-electron chi connectivity index (χ2n) is 3.85. The summed E-state index contributed by atoms with van der Waals surface area (Å²) in [4.78, 5) is 10.6. The van der Waals surface area contributed by atoms with Gasteiger partial charge in [-0.2, -0.15) is 0 Å². The normalized spacial score (nSPS) is 13.2. The second kappa shape index (κ2) is 6.56. The number of carboxylic acid groups (broad SMARTS) is 1. The van der Waals surface area contributed by atoms with Crippen LogP contribution in [0.15, 0.2) is 23.1 Å². The third kappa shape index (κ3) is 4.07. The van der Waals surface area contributed by atoms with Crippen LogP contribution in [0.4, 0.5) is 0 Å². The molecule has 0 radical (unpaired) electrons. The Morgan fingerprint density at radius 2 is 1.89 bits per heavy atom. The molecule has 1 atom stereocenters. The largest absolute Gasteiger partial charge is 0.481 e. The van der Waals surface area contributed by atoms with Gasteiger partial charge in [0.2, 0.25) is 10.0 Å². The molecule has 0 aliphatic carbocycles. The zero-order chi connectivity index (χ0) is 14.6. The maximum Gasteiger partial charge on any atom is 0.307 e. The van der Waals surface area contributed by atoms with Crippen LogP contribution in [0, 0.1) is 5.92 Å². The highest BCUT2D eigenvalue weighted by molar-refractivity contribution is 7.89. The molecule has 19 heavy (non-hydrogen) atoms. The summed E-state index contributed by atoms with van der Waals surface area (Å²) in [5.74, 6) is -1.86. The van der Waals surface area contributed by atoms with Crippen LogP contribution in [0.5, 0.6) is 0 Å². The van der Waals surface area contributed by atoms with Gasteiger partial charge in [-0.25, -0.2) is 13.1 Å². The van der Waals surface area contributed by atoms with Crippen molar-refractivity contribution in [2.75, 3.05) is 6.54 Å². The number of carbonyl (C=O) groups is 1. The van der Waals surface area contributed by atoms with Crippen LogP contribution >= 0.6 is 23.2 Å². The van der Waals surface area contributed by atoms with Crippen LogP contribution in [0.2, 0.25) is 10.0 Å². The molecule has 106 valence electrons. The van der Waals surface area contributed by atoms with Gasteiger partial charge in [0.1, 0.15) is 4.90 Å². The zero-order valence-corrected chi connectivity index (χ0v) is 12.4. The fraction of sp³-hybridized carbons (Fsp3) is 0.364. The van der Waals surface area contributed by atoms with Crippen LogP contribution in [-0.4, -0.2) is 26.0 Å². The monoisotopic (exact) mass is 325 g/mol. The van der Waals surface area contributed by atoms with Gasteiger partial charge < -0.3 is 5.11 Å². The van der Waals surface area contributed by atoms with Crippen molar-refractivity contribution in [1.29, 1.82) is 0 Å². The molecule has 0 aliphatic rings. The van der Waals surface area contributed by atoms with E-state index in [0.717, 1.165) is 0 Å². The number of benzene rings is 1. The molecule has 0 heterocycles. The lowest BCUT2D eigenvalue weighted by Gasteiger charge is -2.13. The molecule has 0 amide bonds. The number of hydrogen-bond acceptors (Lipinski definition) is 3. The summed E-state index contributed by atoms with van der Waals surface area (Å²) in [6, 6.07) is 4.32. The highest BCUT2D eigenvalue weighted by atomic mass is 35.5. The van der Waals surface area contributed by atoms with Crippen LogP contribution in [0.1, 0.15) is 13.3 Å². The fourth-order valence-electron chi connectivity index (χ4n) is 1.43. The summed E-state index contributed by atoms with van der Waals surface area (Å²) in [5, 5.41) is 8.84. The van der Waals surface area contributed by atoms with Gasteiger partial charge in [-0.05, 0) is 18.6 Å². The minimum absolute atomic E-state index is 0.0108. The lowest BCUT2D eigenvalue weighted by atomic mass is 10.1. The van der Waals surface area contributed by atoms with E-state index in [0.29, 0.717) is 6.42 Å². The first-order valence-electron chi connectivity index (χ1n) is 5.46. The van der Waals surface area contributed by atoms with Crippen molar-refractivity contribution in [3.63, 3.8) is 0 Å². The van der Waals surface area contributed by atoms with E-state index in [1.807, 2.05) is 0 Å². The first kappa shape index (κ1) is 16.2. The summed E-state index contributed by atoms with van der Waals surface area (Å²) < 4.78 is 26.3. The Labute approximate surface area is 121 Å². The Balaban J connectivity index is 2.97. The molecule has 0 saturated carbocycles. The molecule has 5 nitrogen and oxygen atoms in total. The topological polar surface area (TPSA) is 83.5 Å². The van der Waals surface area contributed by atoms with Crippen LogP contribution in [-0.2, 0) is 14.8 Å². The van der Waals surface area contributed by atoms with Crippen LogP contribution in [0.3, 0.4) is 0 Å². The molecule has 0 aromatic heterocycles. The average molecular weight is 326 g/mol. The molecule has 1 unspecified atom stereocenters. The molecule has 1 aromatic rings. The summed E-state index contributed by atoms with van der Waals surface area (Å²) in [5.41, 5.74) is 0. The van der Waals surface area contributed by atoms with E-state index >= 15 is 0 Å². The van der Waals surface area contributed by atoms with Crippen molar-refractivity contribution in [2.24, 2.45) is 5.92 Å². The van der Waals surface area contributed by atoms with Gasteiger partial charge in [-0.3, -0.25) is 4.79 Å². The lowest BCUT2D eigenvalue weighted by molar-refractivity contribution is -0.141. The van der Waals surface area contributed by atoms with Crippen molar-refractivity contribution >= 4 is 39.2 Å². The highest BCUT2D eigenvalue weighted by Crippen LogP contribution is 2.28. The quantitative estimate of drug-likeness (QED) is 0.841. The maximum absolute atomic E-state index is 12.0. The third-order valence-electron chi connectivity index (χ3n) is 2.55. The van der Waals surface area contributed by atoms with Crippen molar-refractivity contribution in [1.82, 2.24) is 4.72 Å². The molecule has 0 saturated heterocycles. The van der Waals surface area contributed by atoms with E-state index in [4.69, 9.17) is 28.3 Å². The Bertz CT molecular complexity index is 554. The molecule has 0 aliphatic heterocycles. The first-order valence-corrected chi connectivity index (χ1v) is 7.70. The molecule has 1 aromatic carbocycles. The van der Waals surface area contributed by atoms with E-state index in [2.05, 4.69) is 4.72 Å². The Hall–Kier alpha value is -0.820. The molecule has 0 bridgehead atoms. The summed E-state index contributed by atoms with van der Waals surface area (Å²) in [7, 11) is -3.94. The van der Waals surface area contributed by atoms with E-state index in [1.165, 1.54) is 18.2 Å². The minimum Gasteiger partial charge on any atom is -0.481 e. The number of halogens is 2. The van der Waals surface area contributed by atoms with Crippen molar-refractivity contribution in [3.05, 3.63) is 28.2 Å². The predicted molar refractivity (Wildman–Crippen MR) is 73.1 cm³/mol. The number of rotatable bonds is 6. The number of sulfonamides is 1. The number of hydrogen-bond donors (Lipinski definition) is 2. The van der Waals surface area contributed by atoms with Gasteiger partial charge >= 0.3 is 5.97 Å². The summed E-state index contributed by atoms with van der Waals surface area (Å²) >= 11 is 11.6. The van der Waals surface area contributed by atoms with Gasteiger partial charge in [0, 0.05) is 6.54 Å². The fourth-order valence-corrected chi connectivity index (χ4v) is 3.65. The standard InChI is InChI=1S/C11H13Cl2NO4S/c1-2-7(11(15)16)6-14-19(17,18)10-8(12)4-3-5-9(10)13/h3-5,7,14H,2,6H2,1H3,(H,15,16). The first-order chi connectivity index (χ1) is 8.79. The third-order valence-corrected chi connectivity index (χ3v) is 4.93. The highest BCUT2D eigenvalue weighted by Gasteiger charge is 2.24. The predicted octanol–water partition coefficient (Wildman–Crippen LogP) is 2.38. The average Bonchev–Trinajstić information content (AvgIpc) is 2.28. The molecule has 8 heteroatoms. The SMILES string of the molecule is CCC(CNS(=O)(=O)c1c(Cl)cccc1Cl)C(=O)O. The van der Waals surface area contributed by atoms with E-state index < -0.39 is 21.9 Å². The van der Waals surface area contributed by atoms with Crippen molar-refractivity contribution in [3.8, 4) is 0 Å². The van der Waals surface area contributed by atoms with E-state index in [9.17, 15) is 13.2 Å². The second-order valence-corrected chi connectivity index (χ2v) is 6.36. The lowest BCUT2D eigenvalue weighted by Crippen LogP contribution is -2.33. The van der Waals surface area contributed by atoms with E-state index in [1.54, 1.807) is 6.92 Å². The van der Waals surface area contributed by atoms with Gasteiger partial charge in [0.05, 0.1) is 16.0 Å². The minimum atomic E-state index is -3.94. The molecule has 2 N–H and O–H groups in total. The van der Waals surface area contributed by atoms with Gasteiger partial charge in [0.25, 0.3) is 0 Å². The molecular weight excluding hydrogens is 313 g/mol. The van der Waals surface area contributed by atoms with E-state index in [-0.39, 0.29) is 21.5 Å². The smallest absolute Gasteiger partial charge is 0.307 e. The maximum atomic E-state index is 12.0. The molecule has 0 fully saturated rings. The molecular formula is C11H13Cl2NO4S.